The largest absolute Gasteiger partial charge is 0.314 e. The number of nitrogens with zero attached hydrogens (tertiary/aromatic N) is 3. The average Bonchev–Trinajstić information content (AvgIpc) is 2.84. The van der Waals surface area contributed by atoms with Crippen molar-refractivity contribution in [3.05, 3.63) is 12.2 Å². The molecule has 0 atom stereocenters. The summed E-state index contributed by atoms with van der Waals surface area (Å²) in [6.07, 6.45) is 13.3. The maximum absolute atomic E-state index is 4.32. The predicted molar refractivity (Wildman–Crippen MR) is 84.8 cm³/mol. The van der Waals surface area contributed by atoms with Gasteiger partial charge in [-0.2, -0.15) is 5.10 Å². The van der Waals surface area contributed by atoms with Crippen LogP contribution in [0.4, 0.5) is 0 Å². The minimum Gasteiger partial charge on any atom is -0.314 e. The molecule has 0 amide bonds. The van der Waals surface area contributed by atoms with E-state index < -0.39 is 0 Å². The molecule has 116 valence electrons. The van der Waals surface area contributed by atoms with Crippen molar-refractivity contribution in [1.82, 2.24) is 20.1 Å². The van der Waals surface area contributed by atoms with Gasteiger partial charge in [0.25, 0.3) is 0 Å². The fourth-order valence-corrected chi connectivity index (χ4v) is 2.52. The number of nitrogens with one attached hydrogen (secondary N) is 1. The third-order valence-corrected chi connectivity index (χ3v) is 3.74. The van der Waals surface area contributed by atoms with E-state index in [1.807, 2.05) is 7.05 Å². The molecule has 0 aliphatic heterocycles. The Morgan fingerprint density at radius 3 is 2.25 bits per heavy atom. The van der Waals surface area contributed by atoms with Crippen LogP contribution in [0.5, 0.6) is 0 Å². The van der Waals surface area contributed by atoms with Crippen LogP contribution in [-0.4, -0.2) is 27.4 Å². The topological polar surface area (TPSA) is 42.7 Å². The third-order valence-electron chi connectivity index (χ3n) is 3.74. The molecule has 0 aromatic carbocycles. The third kappa shape index (κ3) is 7.63. The van der Waals surface area contributed by atoms with Gasteiger partial charge < -0.3 is 5.32 Å². The van der Waals surface area contributed by atoms with E-state index in [1.165, 1.54) is 51.4 Å². The van der Waals surface area contributed by atoms with Crippen LogP contribution in [0.15, 0.2) is 6.33 Å². The maximum atomic E-state index is 4.32. The molecule has 1 rings (SSSR count). The van der Waals surface area contributed by atoms with Crippen molar-refractivity contribution < 1.29 is 0 Å². The van der Waals surface area contributed by atoms with Crippen LogP contribution in [-0.2, 0) is 13.5 Å². The number of unbranched alkanes of at least 4 members (excludes halogenated alkanes) is 4. The zero-order valence-electron chi connectivity index (χ0n) is 13.6. The van der Waals surface area contributed by atoms with Crippen LogP contribution in [0.3, 0.4) is 0 Å². The zero-order chi connectivity index (χ0) is 14.6. The van der Waals surface area contributed by atoms with Crippen LogP contribution in [0.2, 0.25) is 0 Å². The summed E-state index contributed by atoms with van der Waals surface area (Å²) >= 11 is 0. The lowest BCUT2D eigenvalue weighted by Crippen LogP contribution is -2.31. The summed E-state index contributed by atoms with van der Waals surface area (Å²) in [5.74, 6) is 0.945. The fraction of sp³-hybridized carbons (Fsp3) is 0.875. The Labute approximate surface area is 124 Å². The van der Waals surface area contributed by atoms with Crippen LogP contribution in [0, 0.1) is 0 Å². The first-order valence-electron chi connectivity index (χ1n) is 8.34. The first kappa shape index (κ1) is 17.2. The summed E-state index contributed by atoms with van der Waals surface area (Å²) in [6, 6.07) is 0.678. The van der Waals surface area contributed by atoms with Crippen LogP contribution >= 0.6 is 0 Å². The van der Waals surface area contributed by atoms with Gasteiger partial charge in [-0.05, 0) is 12.8 Å². The minimum absolute atomic E-state index is 0.678. The predicted octanol–water partition coefficient (Wildman–Crippen LogP) is 3.48. The van der Waals surface area contributed by atoms with E-state index in [0.717, 1.165) is 18.8 Å². The van der Waals surface area contributed by atoms with Gasteiger partial charge in [-0.1, -0.05) is 52.4 Å². The summed E-state index contributed by atoms with van der Waals surface area (Å²) in [7, 11) is 1.92. The molecule has 0 unspecified atom stereocenters. The molecule has 20 heavy (non-hydrogen) atoms. The van der Waals surface area contributed by atoms with Crippen molar-refractivity contribution in [3.8, 4) is 0 Å². The Morgan fingerprint density at radius 1 is 1.10 bits per heavy atom. The maximum Gasteiger partial charge on any atom is 0.151 e. The Bertz CT molecular complexity index is 325. The fourth-order valence-electron chi connectivity index (χ4n) is 2.52. The minimum atomic E-state index is 0.678. The molecule has 0 spiro atoms. The number of aromatic nitrogens is 3. The Hall–Kier alpha value is -0.900. The Kier molecular flexibility index (Phi) is 9.29. The van der Waals surface area contributed by atoms with Crippen molar-refractivity contribution >= 4 is 0 Å². The van der Waals surface area contributed by atoms with Crippen molar-refractivity contribution in [2.45, 2.75) is 77.7 Å². The van der Waals surface area contributed by atoms with Crippen molar-refractivity contribution in [2.75, 3.05) is 6.54 Å². The van der Waals surface area contributed by atoms with E-state index in [1.54, 1.807) is 11.0 Å². The SMILES string of the molecule is CCCCCC(CCCCC)NCCc1ncn(C)n1. The molecular weight excluding hydrogens is 248 g/mol. The number of hydrogen-bond donors (Lipinski definition) is 1. The van der Waals surface area contributed by atoms with Gasteiger partial charge in [0.1, 0.15) is 6.33 Å². The Balaban J connectivity index is 2.23. The second-order valence-corrected chi connectivity index (χ2v) is 5.73. The smallest absolute Gasteiger partial charge is 0.151 e. The van der Waals surface area contributed by atoms with Crippen LogP contribution in [0.25, 0.3) is 0 Å². The van der Waals surface area contributed by atoms with E-state index in [0.29, 0.717) is 6.04 Å². The molecule has 4 heteroatoms. The van der Waals surface area contributed by atoms with Gasteiger partial charge in [0.05, 0.1) is 0 Å². The summed E-state index contributed by atoms with van der Waals surface area (Å²) in [5.41, 5.74) is 0. The van der Waals surface area contributed by atoms with Gasteiger partial charge in [0.2, 0.25) is 0 Å². The highest BCUT2D eigenvalue weighted by molar-refractivity contribution is 4.82. The molecule has 0 saturated heterocycles. The first-order chi connectivity index (χ1) is 9.76. The number of rotatable bonds is 12. The summed E-state index contributed by atoms with van der Waals surface area (Å²) in [6.45, 7) is 5.53. The number of hydrogen-bond acceptors (Lipinski definition) is 3. The molecule has 1 aromatic heterocycles. The van der Waals surface area contributed by atoms with E-state index in [2.05, 4.69) is 29.2 Å². The Morgan fingerprint density at radius 2 is 1.75 bits per heavy atom. The summed E-state index contributed by atoms with van der Waals surface area (Å²) in [5, 5.41) is 8.03. The van der Waals surface area contributed by atoms with Gasteiger partial charge in [0.15, 0.2) is 5.82 Å². The second-order valence-electron chi connectivity index (χ2n) is 5.73. The van der Waals surface area contributed by atoms with Crippen molar-refractivity contribution in [1.29, 1.82) is 0 Å². The van der Waals surface area contributed by atoms with E-state index in [4.69, 9.17) is 0 Å². The molecule has 0 bridgehead atoms. The van der Waals surface area contributed by atoms with Crippen LogP contribution in [0.1, 0.15) is 71.0 Å². The number of aryl methyl sites for hydroxylation is 1. The summed E-state index contributed by atoms with van der Waals surface area (Å²) < 4.78 is 1.77. The van der Waals surface area contributed by atoms with Gasteiger partial charge in [-0.3, -0.25) is 4.68 Å². The second kappa shape index (κ2) is 10.8. The van der Waals surface area contributed by atoms with Gasteiger partial charge in [0, 0.05) is 26.1 Å². The standard InChI is InChI=1S/C16H32N4/c1-4-6-8-10-15(11-9-7-5-2)17-13-12-16-18-14-20(3)19-16/h14-15,17H,4-13H2,1-3H3. The quantitative estimate of drug-likeness (QED) is 0.596. The normalized spacial score (nSPS) is 11.4. The van der Waals surface area contributed by atoms with E-state index in [9.17, 15) is 0 Å². The zero-order valence-corrected chi connectivity index (χ0v) is 13.6. The monoisotopic (exact) mass is 280 g/mol. The highest BCUT2D eigenvalue weighted by atomic mass is 15.3. The highest BCUT2D eigenvalue weighted by Crippen LogP contribution is 2.11. The highest BCUT2D eigenvalue weighted by Gasteiger charge is 2.08. The molecule has 1 heterocycles. The lowest BCUT2D eigenvalue weighted by Gasteiger charge is -2.18. The molecule has 0 saturated carbocycles. The van der Waals surface area contributed by atoms with E-state index >= 15 is 0 Å². The lowest BCUT2D eigenvalue weighted by molar-refractivity contribution is 0.419. The van der Waals surface area contributed by atoms with Crippen molar-refractivity contribution in [2.24, 2.45) is 7.05 Å². The van der Waals surface area contributed by atoms with Crippen molar-refractivity contribution in [3.63, 3.8) is 0 Å². The van der Waals surface area contributed by atoms with Gasteiger partial charge in [-0.25, -0.2) is 4.98 Å². The molecule has 0 aliphatic carbocycles. The van der Waals surface area contributed by atoms with Gasteiger partial charge >= 0.3 is 0 Å². The molecule has 0 aliphatic rings. The average molecular weight is 280 g/mol. The van der Waals surface area contributed by atoms with Crippen LogP contribution < -0.4 is 5.32 Å². The first-order valence-corrected chi connectivity index (χ1v) is 8.34. The van der Waals surface area contributed by atoms with Gasteiger partial charge in [-0.15, -0.1) is 0 Å². The molecule has 4 nitrogen and oxygen atoms in total. The molecule has 0 fully saturated rings. The molecule has 0 radical (unpaired) electrons. The van der Waals surface area contributed by atoms with E-state index in [-0.39, 0.29) is 0 Å². The summed E-state index contributed by atoms with van der Waals surface area (Å²) in [4.78, 5) is 4.28. The molecule has 1 aromatic rings. The lowest BCUT2D eigenvalue weighted by atomic mass is 10.0. The molecular formula is C16H32N4. The molecule has 1 N–H and O–H groups in total.